The Balaban J connectivity index is 1.70. The van der Waals surface area contributed by atoms with Crippen LogP contribution in [0.2, 0.25) is 5.02 Å². The predicted octanol–water partition coefficient (Wildman–Crippen LogP) is 3.05. The second kappa shape index (κ2) is 6.81. The number of nitro benzene ring substituents is 1. The van der Waals surface area contributed by atoms with Gasteiger partial charge < -0.3 is 9.64 Å². The molecule has 140 valence electrons. The van der Waals surface area contributed by atoms with Gasteiger partial charge >= 0.3 is 5.69 Å². The van der Waals surface area contributed by atoms with Gasteiger partial charge in [-0.25, -0.2) is 10.4 Å². The molecule has 2 heterocycles. The van der Waals surface area contributed by atoms with Crippen LogP contribution in [0.15, 0.2) is 17.7 Å². The van der Waals surface area contributed by atoms with E-state index in [1.807, 2.05) is 6.08 Å². The van der Waals surface area contributed by atoms with Crippen LogP contribution in [0.5, 0.6) is 5.75 Å². The van der Waals surface area contributed by atoms with Gasteiger partial charge in [-0.2, -0.15) is 0 Å². The second-order valence-electron chi connectivity index (χ2n) is 7.31. The zero-order valence-corrected chi connectivity index (χ0v) is 15.6. The summed E-state index contributed by atoms with van der Waals surface area (Å²) in [6, 6.07) is 3.11. The van der Waals surface area contributed by atoms with Crippen molar-refractivity contribution in [3.8, 4) is 5.75 Å². The number of hydrogen-bond donors (Lipinski definition) is 1. The number of halogens is 1. The molecule has 3 aliphatic rings. The summed E-state index contributed by atoms with van der Waals surface area (Å²) in [5, 5.41) is 14.1. The minimum absolute atomic E-state index is 0.0760. The van der Waals surface area contributed by atoms with Crippen molar-refractivity contribution in [3.63, 3.8) is 0 Å². The molecule has 0 bridgehead atoms. The Kier molecular flexibility index (Phi) is 4.64. The molecular weight excluding hydrogens is 356 g/mol. The van der Waals surface area contributed by atoms with E-state index in [0.717, 1.165) is 57.4 Å². The number of rotatable bonds is 3. The van der Waals surface area contributed by atoms with Gasteiger partial charge in [-0.05, 0) is 44.0 Å². The Morgan fingerprint density at radius 1 is 1.27 bits per heavy atom. The lowest BCUT2D eigenvalue weighted by Crippen LogP contribution is -2.63. The largest absolute Gasteiger partial charge is 0.460 e. The fourth-order valence-corrected chi connectivity index (χ4v) is 4.22. The quantitative estimate of drug-likeness (QED) is 0.644. The monoisotopic (exact) mass is 378 g/mol. The summed E-state index contributed by atoms with van der Waals surface area (Å²) in [6.07, 6.45) is 5.86. The Morgan fingerprint density at radius 2 is 2.04 bits per heavy atom. The number of likely N-dealkylation sites (N-methyl/N-ethyl adjacent to an activating group) is 1. The summed E-state index contributed by atoms with van der Waals surface area (Å²) in [4.78, 5) is 13.4. The number of hydrogen-bond acceptors (Lipinski definition) is 6. The van der Waals surface area contributed by atoms with Gasteiger partial charge in [-0.15, -0.1) is 0 Å². The molecule has 0 radical (unpaired) electrons. The van der Waals surface area contributed by atoms with Crippen molar-refractivity contribution in [1.82, 2.24) is 15.3 Å². The van der Waals surface area contributed by atoms with E-state index in [1.54, 1.807) is 6.07 Å². The van der Waals surface area contributed by atoms with Gasteiger partial charge in [0.1, 0.15) is 0 Å². The van der Waals surface area contributed by atoms with Crippen LogP contribution in [0.4, 0.5) is 5.69 Å². The zero-order chi connectivity index (χ0) is 18.3. The summed E-state index contributed by atoms with van der Waals surface area (Å²) in [5.74, 6) is 0.312. The Hall–Kier alpha value is -1.67. The zero-order valence-electron chi connectivity index (χ0n) is 14.8. The molecule has 1 saturated carbocycles. The summed E-state index contributed by atoms with van der Waals surface area (Å²) < 4.78 is 6.37. The SMILES string of the molecule is CN1CCN(NC23CCCCC2=Cc2cc(Cl)cc([N+](=O)[O-])c2O3)CC1. The molecule has 0 aromatic heterocycles. The van der Waals surface area contributed by atoms with Crippen molar-refractivity contribution in [2.75, 3.05) is 33.2 Å². The van der Waals surface area contributed by atoms with E-state index in [2.05, 4.69) is 22.4 Å². The van der Waals surface area contributed by atoms with Gasteiger partial charge in [0, 0.05) is 49.3 Å². The molecule has 0 spiro atoms. The van der Waals surface area contributed by atoms with Crippen LogP contribution in [0.25, 0.3) is 6.08 Å². The maximum atomic E-state index is 11.5. The number of nitrogens with zero attached hydrogens (tertiary/aromatic N) is 3. The molecule has 1 unspecified atom stereocenters. The normalized spacial score (nSPS) is 26.5. The average Bonchev–Trinajstić information content (AvgIpc) is 2.61. The predicted molar refractivity (Wildman–Crippen MR) is 100 cm³/mol. The minimum Gasteiger partial charge on any atom is -0.460 e. The molecule has 1 aromatic carbocycles. The maximum Gasteiger partial charge on any atom is 0.313 e. The van der Waals surface area contributed by atoms with Gasteiger partial charge in [-0.1, -0.05) is 11.6 Å². The van der Waals surface area contributed by atoms with Gasteiger partial charge in [0.2, 0.25) is 5.75 Å². The van der Waals surface area contributed by atoms with Crippen molar-refractivity contribution in [3.05, 3.63) is 38.4 Å². The highest BCUT2D eigenvalue weighted by Gasteiger charge is 2.45. The molecule has 1 atom stereocenters. The van der Waals surface area contributed by atoms with E-state index in [-0.39, 0.29) is 5.69 Å². The van der Waals surface area contributed by atoms with Crippen LogP contribution >= 0.6 is 11.6 Å². The van der Waals surface area contributed by atoms with Crippen LogP contribution in [0, 0.1) is 10.1 Å². The molecule has 7 nitrogen and oxygen atoms in total. The molecule has 1 aliphatic carbocycles. The van der Waals surface area contributed by atoms with Gasteiger partial charge in [0.15, 0.2) is 5.72 Å². The van der Waals surface area contributed by atoms with E-state index in [4.69, 9.17) is 16.3 Å². The topological polar surface area (TPSA) is 70.9 Å². The van der Waals surface area contributed by atoms with Crippen LogP contribution in [0.3, 0.4) is 0 Å². The summed E-state index contributed by atoms with van der Waals surface area (Å²) in [6.45, 7) is 3.75. The molecule has 4 rings (SSSR count). The number of fused-ring (bicyclic) bond motifs is 2. The lowest BCUT2D eigenvalue weighted by Gasteiger charge is -2.47. The lowest BCUT2D eigenvalue weighted by atomic mass is 9.83. The Labute approximate surface area is 157 Å². The smallest absolute Gasteiger partial charge is 0.313 e. The first kappa shape index (κ1) is 17.7. The van der Waals surface area contributed by atoms with Crippen LogP contribution in [-0.2, 0) is 0 Å². The molecule has 1 saturated heterocycles. The molecule has 2 fully saturated rings. The molecule has 1 N–H and O–H groups in total. The first-order chi connectivity index (χ1) is 12.5. The number of nitro groups is 1. The molecule has 1 aromatic rings. The highest BCUT2D eigenvalue weighted by atomic mass is 35.5. The van der Waals surface area contributed by atoms with E-state index in [0.29, 0.717) is 16.3 Å². The van der Waals surface area contributed by atoms with Crippen molar-refractivity contribution in [1.29, 1.82) is 0 Å². The summed E-state index contributed by atoms with van der Waals surface area (Å²) >= 11 is 6.09. The minimum atomic E-state index is -0.695. The average molecular weight is 379 g/mol. The van der Waals surface area contributed by atoms with E-state index in [9.17, 15) is 10.1 Å². The van der Waals surface area contributed by atoms with Crippen LogP contribution in [0.1, 0.15) is 31.2 Å². The number of ether oxygens (including phenoxy) is 1. The van der Waals surface area contributed by atoms with E-state index in [1.165, 1.54) is 6.07 Å². The van der Waals surface area contributed by atoms with E-state index < -0.39 is 10.6 Å². The first-order valence-electron chi connectivity index (χ1n) is 9.06. The highest BCUT2D eigenvalue weighted by Crippen LogP contribution is 2.47. The highest BCUT2D eigenvalue weighted by molar-refractivity contribution is 6.31. The summed E-state index contributed by atoms with van der Waals surface area (Å²) in [5.41, 5.74) is 4.64. The lowest BCUT2D eigenvalue weighted by molar-refractivity contribution is -0.386. The maximum absolute atomic E-state index is 11.5. The van der Waals surface area contributed by atoms with Crippen LogP contribution < -0.4 is 10.2 Å². The van der Waals surface area contributed by atoms with Crippen molar-refractivity contribution in [2.24, 2.45) is 0 Å². The van der Waals surface area contributed by atoms with Crippen molar-refractivity contribution in [2.45, 2.75) is 31.4 Å². The third-order valence-electron chi connectivity index (χ3n) is 5.45. The fourth-order valence-electron chi connectivity index (χ4n) is 4.00. The standard InChI is InChI=1S/C18H23ClN4O3/c1-21-6-8-22(9-7-21)20-18-5-3-2-4-14(18)10-13-11-15(19)12-16(23(24)25)17(13)26-18/h10-12,20H,2-9H2,1H3. The Bertz CT molecular complexity index is 761. The molecule has 26 heavy (non-hydrogen) atoms. The first-order valence-corrected chi connectivity index (χ1v) is 9.44. The van der Waals surface area contributed by atoms with Crippen LogP contribution in [-0.4, -0.2) is 53.8 Å². The summed E-state index contributed by atoms with van der Waals surface area (Å²) in [7, 11) is 2.11. The molecule has 0 amide bonds. The van der Waals surface area contributed by atoms with Crippen molar-refractivity contribution < 1.29 is 9.66 Å². The second-order valence-corrected chi connectivity index (χ2v) is 7.74. The third kappa shape index (κ3) is 3.20. The number of hydrazine groups is 1. The van der Waals surface area contributed by atoms with Crippen molar-refractivity contribution >= 4 is 23.4 Å². The van der Waals surface area contributed by atoms with Gasteiger partial charge in [-0.3, -0.25) is 10.1 Å². The number of piperazine rings is 1. The van der Waals surface area contributed by atoms with Gasteiger partial charge in [0.05, 0.1) is 4.92 Å². The fraction of sp³-hybridized carbons (Fsp3) is 0.556. The molecule has 8 heteroatoms. The number of benzene rings is 1. The number of nitrogens with one attached hydrogen (secondary N) is 1. The van der Waals surface area contributed by atoms with E-state index >= 15 is 0 Å². The molecule has 2 aliphatic heterocycles. The third-order valence-corrected chi connectivity index (χ3v) is 5.67. The molecular formula is C18H23ClN4O3. The van der Waals surface area contributed by atoms with Gasteiger partial charge in [0.25, 0.3) is 0 Å². The Morgan fingerprint density at radius 3 is 2.77 bits per heavy atom.